The summed E-state index contributed by atoms with van der Waals surface area (Å²) in [6.07, 6.45) is 4.04. The standard InChI is InChI=1S/C12H14BrNOS/c1-12(5-6-12)11(15)14-8-3-4-10(16-2)9(13)7-8/h3-4,7H,5-6H2,1-2H3,(H,14,15). The second kappa shape index (κ2) is 4.41. The number of halogens is 1. The highest BCUT2D eigenvalue weighted by Crippen LogP contribution is 2.45. The van der Waals surface area contributed by atoms with Gasteiger partial charge >= 0.3 is 0 Å². The first-order valence-corrected chi connectivity index (χ1v) is 7.22. The van der Waals surface area contributed by atoms with Crippen LogP contribution in [-0.2, 0) is 4.79 Å². The van der Waals surface area contributed by atoms with Crippen LogP contribution in [0.4, 0.5) is 5.69 Å². The van der Waals surface area contributed by atoms with E-state index in [0.717, 1.165) is 23.0 Å². The van der Waals surface area contributed by atoms with Crippen molar-refractivity contribution < 1.29 is 4.79 Å². The molecule has 4 heteroatoms. The number of carbonyl (C=O) groups is 1. The third-order valence-electron chi connectivity index (χ3n) is 2.96. The van der Waals surface area contributed by atoms with Crippen LogP contribution in [0.2, 0.25) is 0 Å². The minimum Gasteiger partial charge on any atom is -0.326 e. The quantitative estimate of drug-likeness (QED) is 0.858. The highest BCUT2D eigenvalue weighted by molar-refractivity contribution is 9.10. The zero-order valence-corrected chi connectivity index (χ0v) is 11.7. The molecule has 0 aliphatic heterocycles. The average molecular weight is 300 g/mol. The number of rotatable bonds is 3. The number of hydrogen-bond donors (Lipinski definition) is 1. The van der Waals surface area contributed by atoms with Gasteiger partial charge in [0.25, 0.3) is 0 Å². The maximum atomic E-state index is 11.8. The fourth-order valence-corrected chi connectivity index (χ4v) is 2.76. The van der Waals surface area contributed by atoms with Gasteiger partial charge < -0.3 is 5.32 Å². The maximum absolute atomic E-state index is 11.8. The van der Waals surface area contributed by atoms with Crippen molar-refractivity contribution in [1.29, 1.82) is 0 Å². The maximum Gasteiger partial charge on any atom is 0.230 e. The molecule has 1 aromatic rings. The first kappa shape index (κ1) is 12.0. The van der Waals surface area contributed by atoms with Gasteiger partial charge in [-0.2, -0.15) is 0 Å². The van der Waals surface area contributed by atoms with Crippen LogP contribution in [0.15, 0.2) is 27.6 Å². The number of nitrogens with one attached hydrogen (secondary N) is 1. The molecule has 1 aliphatic carbocycles. The predicted molar refractivity (Wildman–Crippen MR) is 71.9 cm³/mol. The Morgan fingerprint density at radius 2 is 2.19 bits per heavy atom. The third kappa shape index (κ3) is 2.43. The molecule has 0 bridgehead atoms. The van der Waals surface area contributed by atoms with Crippen LogP contribution in [-0.4, -0.2) is 12.2 Å². The number of thioether (sulfide) groups is 1. The van der Waals surface area contributed by atoms with Crippen molar-refractivity contribution in [2.75, 3.05) is 11.6 Å². The van der Waals surface area contributed by atoms with Crippen LogP contribution in [0.5, 0.6) is 0 Å². The van der Waals surface area contributed by atoms with Crippen LogP contribution in [0.25, 0.3) is 0 Å². The molecule has 0 heterocycles. The summed E-state index contributed by atoms with van der Waals surface area (Å²) in [6.45, 7) is 2.01. The minimum absolute atomic E-state index is 0.120. The van der Waals surface area contributed by atoms with Crippen LogP contribution < -0.4 is 5.32 Å². The molecule has 2 rings (SSSR count). The predicted octanol–water partition coefficient (Wildman–Crippen LogP) is 3.91. The number of amides is 1. The molecule has 1 aromatic carbocycles. The Kier molecular flexibility index (Phi) is 3.31. The molecule has 0 saturated heterocycles. The lowest BCUT2D eigenvalue weighted by atomic mass is 10.1. The van der Waals surface area contributed by atoms with Crippen LogP contribution >= 0.6 is 27.7 Å². The summed E-state index contributed by atoms with van der Waals surface area (Å²) < 4.78 is 1.03. The van der Waals surface area contributed by atoms with E-state index < -0.39 is 0 Å². The summed E-state index contributed by atoms with van der Waals surface area (Å²) in [6, 6.07) is 5.91. The van der Waals surface area contributed by atoms with Crippen LogP contribution in [0, 0.1) is 5.41 Å². The lowest BCUT2D eigenvalue weighted by molar-refractivity contribution is -0.120. The molecular formula is C12H14BrNOS. The molecule has 2 nitrogen and oxygen atoms in total. The van der Waals surface area contributed by atoms with E-state index >= 15 is 0 Å². The summed E-state index contributed by atoms with van der Waals surface area (Å²) in [5.41, 5.74) is 0.743. The number of hydrogen-bond acceptors (Lipinski definition) is 2. The first-order valence-electron chi connectivity index (χ1n) is 5.20. The summed E-state index contributed by atoms with van der Waals surface area (Å²) in [5, 5.41) is 2.96. The van der Waals surface area contributed by atoms with Gasteiger partial charge in [-0.25, -0.2) is 0 Å². The highest BCUT2D eigenvalue weighted by Gasteiger charge is 2.44. The molecule has 0 unspecified atom stereocenters. The normalized spacial score (nSPS) is 16.9. The van der Waals surface area contributed by atoms with Gasteiger partial charge in [0.1, 0.15) is 0 Å². The molecule has 0 aromatic heterocycles. The monoisotopic (exact) mass is 299 g/mol. The Balaban J connectivity index is 2.10. The van der Waals surface area contributed by atoms with Gasteiger partial charge in [0, 0.05) is 20.5 Å². The molecule has 0 radical (unpaired) electrons. The van der Waals surface area contributed by atoms with Crippen molar-refractivity contribution in [3.8, 4) is 0 Å². The average Bonchev–Trinajstić information content (AvgIpc) is 2.98. The lowest BCUT2D eigenvalue weighted by Gasteiger charge is -2.11. The Labute approximate surface area is 108 Å². The van der Waals surface area contributed by atoms with Crippen molar-refractivity contribution in [1.82, 2.24) is 0 Å². The Morgan fingerprint density at radius 1 is 1.50 bits per heavy atom. The number of anilines is 1. The van der Waals surface area contributed by atoms with E-state index in [1.165, 1.54) is 4.90 Å². The first-order chi connectivity index (χ1) is 7.55. The van der Waals surface area contributed by atoms with Crippen molar-refractivity contribution >= 4 is 39.3 Å². The van der Waals surface area contributed by atoms with E-state index in [-0.39, 0.29) is 11.3 Å². The molecule has 1 amide bonds. The van der Waals surface area contributed by atoms with Crippen molar-refractivity contribution in [2.45, 2.75) is 24.7 Å². The minimum atomic E-state index is -0.120. The molecule has 1 saturated carbocycles. The second-order valence-corrected chi connectivity index (χ2v) is 6.07. The van der Waals surface area contributed by atoms with Gasteiger partial charge in [-0.05, 0) is 53.2 Å². The molecule has 0 spiro atoms. The number of carbonyl (C=O) groups excluding carboxylic acids is 1. The van der Waals surface area contributed by atoms with Crippen molar-refractivity contribution in [3.05, 3.63) is 22.7 Å². The summed E-state index contributed by atoms with van der Waals surface area (Å²) >= 11 is 5.17. The smallest absolute Gasteiger partial charge is 0.230 e. The molecule has 86 valence electrons. The Hall–Kier alpha value is -0.480. The van der Waals surface area contributed by atoms with Gasteiger partial charge in [-0.3, -0.25) is 4.79 Å². The third-order valence-corrected chi connectivity index (χ3v) is 4.67. The van der Waals surface area contributed by atoms with Gasteiger partial charge in [0.2, 0.25) is 5.91 Å². The summed E-state index contributed by atoms with van der Waals surface area (Å²) in [7, 11) is 0. The van der Waals surface area contributed by atoms with E-state index in [2.05, 4.69) is 21.2 Å². The molecular weight excluding hydrogens is 286 g/mol. The van der Waals surface area contributed by atoms with Crippen LogP contribution in [0.3, 0.4) is 0 Å². The zero-order chi connectivity index (χ0) is 11.8. The van der Waals surface area contributed by atoms with Crippen molar-refractivity contribution in [2.24, 2.45) is 5.41 Å². The van der Waals surface area contributed by atoms with Gasteiger partial charge in [-0.15, -0.1) is 11.8 Å². The SMILES string of the molecule is CSc1ccc(NC(=O)C2(C)CC2)cc1Br. The van der Waals surface area contributed by atoms with Crippen LogP contribution in [0.1, 0.15) is 19.8 Å². The van der Waals surface area contributed by atoms with Gasteiger partial charge in [0.05, 0.1) is 0 Å². The van der Waals surface area contributed by atoms with E-state index in [4.69, 9.17) is 0 Å². The second-order valence-electron chi connectivity index (χ2n) is 4.36. The molecule has 1 fully saturated rings. The Morgan fingerprint density at radius 3 is 2.69 bits per heavy atom. The lowest BCUT2D eigenvalue weighted by Crippen LogP contribution is -2.21. The molecule has 0 atom stereocenters. The summed E-state index contributed by atoms with van der Waals surface area (Å²) in [4.78, 5) is 13.0. The fraction of sp³-hybridized carbons (Fsp3) is 0.417. The Bertz CT molecular complexity index is 429. The number of benzene rings is 1. The molecule has 1 aliphatic rings. The zero-order valence-electron chi connectivity index (χ0n) is 9.34. The van der Waals surface area contributed by atoms with E-state index in [0.29, 0.717) is 0 Å². The largest absolute Gasteiger partial charge is 0.326 e. The fourth-order valence-electron chi connectivity index (χ4n) is 1.44. The highest BCUT2D eigenvalue weighted by atomic mass is 79.9. The molecule has 16 heavy (non-hydrogen) atoms. The topological polar surface area (TPSA) is 29.1 Å². The van der Waals surface area contributed by atoms with Gasteiger partial charge in [0.15, 0.2) is 0 Å². The van der Waals surface area contributed by atoms with Gasteiger partial charge in [-0.1, -0.05) is 6.92 Å². The summed E-state index contributed by atoms with van der Waals surface area (Å²) in [5.74, 6) is 0.135. The van der Waals surface area contributed by atoms with E-state index in [1.807, 2.05) is 31.4 Å². The van der Waals surface area contributed by atoms with E-state index in [9.17, 15) is 4.79 Å². The van der Waals surface area contributed by atoms with E-state index in [1.54, 1.807) is 11.8 Å². The van der Waals surface area contributed by atoms with Crippen molar-refractivity contribution in [3.63, 3.8) is 0 Å². The molecule has 1 N–H and O–H groups in total.